The summed E-state index contributed by atoms with van der Waals surface area (Å²) in [5.74, 6) is -4.22. The van der Waals surface area contributed by atoms with Gasteiger partial charge in [0.15, 0.2) is 0 Å². The molecule has 0 bridgehead atoms. The quantitative estimate of drug-likeness (QED) is 0.502. The van der Waals surface area contributed by atoms with Crippen molar-refractivity contribution < 1.29 is 24.6 Å². The van der Waals surface area contributed by atoms with Crippen LogP contribution in [0, 0.1) is 0 Å². The predicted octanol–water partition coefficient (Wildman–Crippen LogP) is -0.233. The van der Waals surface area contributed by atoms with Crippen LogP contribution in [0.25, 0.3) is 0 Å². The highest BCUT2D eigenvalue weighted by Gasteiger charge is 2.23. The first-order valence-corrected chi connectivity index (χ1v) is 4.98. The summed E-state index contributed by atoms with van der Waals surface area (Å²) in [7, 11) is 0. The number of amides is 1. The zero-order chi connectivity index (χ0) is 13.7. The smallest absolute Gasteiger partial charge is 0.394 e. The summed E-state index contributed by atoms with van der Waals surface area (Å²) in [6, 6.07) is 6.36. The zero-order valence-electron chi connectivity index (χ0n) is 9.37. The molecule has 0 heterocycles. The van der Waals surface area contributed by atoms with E-state index in [1.54, 1.807) is 24.3 Å². The molecule has 0 fully saturated rings. The molecule has 1 aromatic rings. The van der Waals surface area contributed by atoms with Gasteiger partial charge < -0.3 is 20.8 Å². The molecule has 4 N–H and O–H groups in total. The molecule has 1 aromatic carbocycles. The third kappa shape index (κ3) is 3.78. The molecule has 0 aliphatic rings. The van der Waals surface area contributed by atoms with Gasteiger partial charge in [0.05, 0.1) is 0 Å². The van der Waals surface area contributed by atoms with Crippen molar-refractivity contribution >= 4 is 23.5 Å². The number of nitrogen functional groups attached to an aromatic ring is 1. The number of carboxylic acids is 2. The molecule has 1 rings (SSSR count). The van der Waals surface area contributed by atoms with Crippen LogP contribution in [0.1, 0.15) is 5.56 Å². The molecule has 0 saturated carbocycles. The van der Waals surface area contributed by atoms with Crippen molar-refractivity contribution in [2.24, 2.45) is 0 Å². The molecule has 0 unspecified atom stereocenters. The number of rotatable bonds is 4. The van der Waals surface area contributed by atoms with E-state index >= 15 is 0 Å². The molecule has 0 aliphatic heterocycles. The minimum Gasteiger partial charge on any atom is -0.480 e. The number of benzene rings is 1. The van der Waals surface area contributed by atoms with Gasteiger partial charge in [0.1, 0.15) is 6.54 Å². The maximum atomic E-state index is 11.3. The number of carbonyl (C=O) groups excluding carboxylic acids is 1. The van der Waals surface area contributed by atoms with Gasteiger partial charge in [-0.1, -0.05) is 12.1 Å². The van der Waals surface area contributed by atoms with Crippen molar-refractivity contribution in [1.29, 1.82) is 0 Å². The van der Waals surface area contributed by atoms with E-state index in [4.69, 9.17) is 15.9 Å². The van der Waals surface area contributed by atoms with Crippen molar-refractivity contribution in [3.8, 4) is 0 Å². The van der Waals surface area contributed by atoms with Crippen molar-refractivity contribution in [2.45, 2.75) is 6.54 Å². The van der Waals surface area contributed by atoms with E-state index in [-0.39, 0.29) is 6.54 Å². The summed E-state index contributed by atoms with van der Waals surface area (Å²) < 4.78 is 0. The molecule has 0 radical (unpaired) electrons. The standard InChI is InChI=1S/C11H12N2O5/c12-8-3-1-7(2-4-8)5-13(6-9(14)15)10(16)11(17)18/h1-4H,5-6,12H2,(H,14,15)(H,17,18). The number of carbonyl (C=O) groups is 3. The van der Waals surface area contributed by atoms with Crippen LogP contribution < -0.4 is 5.73 Å². The summed E-state index contributed by atoms with van der Waals surface area (Å²) >= 11 is 0. The molecule has 0 saturated heterocycles. The zero-order valence-corrected chi connectivity index (χ0v) is 9.37. The Balaban J connectivity index is 2.84. The van der Waals surface area contributed by atoms with Crippen LogP contribution in [0.15, 0.2) is 24.3 Å². The van der Waals surface area contributed by atoms with Crippen LogP contribution in [-0.4, -0.2) is 39.5 Å². The van der Waals surface area contributed by atoms with E-state index in [1.807, 2.05) is 0 Å². The van der Waals surface area contributed by atoms with Crippen LogP contribution >= 0.6 is 0 Å². The maximum Gasteiger partial charge on any atom is 0.394 e. The van der Waals surface area contributed by atoms with Crippen LogP contribution in [0.3, 0.4) is 0 Å². The topological polar surface area (TPSA) is 121 Å². The molecule has 7 heteroatoms. The van der Waals surface area contributed by atoms with Gasteiger partial charge in [-0.15, -0.1) is 0 Å². The second kappa shape index (κ2) is 5.67. The molecule has 96 valence electrons. The van der Waals surface area contributed by atoms with E-state index < -0.39 is 24.4 Å². The SMILES string of the molecule is Nc1ccc(CN(CC(=O)O)C(=O)C(=O)O)cc1. The summed E-state index contributed by atoms with van der Waals surface area (Å²) in [5, 5.41) is 17.2. The summed E-state index contributed by atoms with van der Waals surface area (Å²) in [5.41, 5.74) is 6.60. The monoisotopic (exact) mass is 252 g/mol. The van der Waals surface area contributed by atoms with Crippen molar-refractivity contribution in [3.63, 3.8) is 0 Å². The van der Waals surface area contributed by atoms with Crippen LogP contribution in [0.5, 0.6) is 0 Å². The number of anilines is 1. The van der Waals surface area contributed by atoms with Crippen molar-refractivity contribution in [1.82, 2.24) is 4.90 Å². The van der Waals surface area contributed by atoms with Gasteiger partial charge in [-0.25, -0.2) is 4.79 Å². The van der Waals surface area contributed by atoms with Gasteiger partial charge in [0, 0.05) is 12.2 Å². The van der Waals surface area contributed by atoms with Crippen LogP contribution in [0.2, 0.25) is 0 Å². The highest BCUT2D eigenvalue weighted by atomic mass is 16.4. The Kier molecular flexibility index (Phi) is 4.25. The number of hydrogen-bond donors (Lipinski definition) is 3. The van der Waals surface area contributed by atoms with Gasteiger partial charge in [-0.2, -0.15) is 0 Å². The van der Waals surface area contributed by atoms with Gasteiger partial charge in [0.25, 0.3) is 0 Å². The number of hydrogen-bond acceptors (Lipinski definition) is 4. The Labute approximate surface area is 102 Å². The fourth-order valence-corrected chi connectivity index (χ4v) is 1.34. The molecule has 18 heavy (non-hydrogen) atoms. The number of nitrogens with zero attached hydrogens (tertiary/aromatic N) is 1. The molecule has 0 aromatic heterocycles. The lowest BCUT2D eigenvalue weighted by atomic mass is 10.2. The highest BCUT2D eigenvalue weighted by Crippen LogP contribution is 2.08. The largest absolute Gasteiger partial charge is 0.480 e. The van der Waals surface area contributed by atoms with Gasteiger partial charge in [0.2, 0.25) is 0 Å². The second-order valence-corrected chi connectivity index (χ2v) is 3.60. The average Bonchev–Trinajstić information content (AvgIpc) is 2.29. The Hall–Kier alpha value is -2.57. The molecule has 0 spiro atoms. The molecule has 0 aliphatic carbocycles. The molecular weight excluding hydrogens is 240 g/mol. The third-order valence-electron chi connectivity index (χ3n) is 2.15. The lowest BCUT2D eigenvalue weighted by Crippen LogP contribution is -2.39. The third-order valence-corrected chi connectivity index (χ3v) is 2.15. The van der Waals surface area contributed by atoms with Gasteiger partial charge in [-0.05, 0) is 17.7 Å². The van der Waals surface area contributed by atoms with E-state index in [2.05, 4.69) is 0 Å². The normalized spacial score (nSPS) is 9.78. The second-order valence-electron chi connectivity index (χ2n) is 3.60. The lowest BCUT2D eigenvalue weighted by Gasteiger charge is -2.18. The van der Waals surface area contributed by atoms with E-state index in [1.165, 1.54) is 0 Å². The summed E-state index contributed by atoms with van der Waals surface area (Å²) in [6.07, 6.45) is 0. The average molecular weight is 252 g/mol. The van der Waals surface area contributed by atoms with Crippen LogP contribution in [0.4, 0.5) is 5.69 Å². The summed E-state index contributed by atoms with van der Waals surface area (Å²) in [6.45, 7) is -0.771. The number of carboxylic acid groups (broad SMARTS) is 2. The van der Waals surface area contributed by atoms with Crippen molar-refractivity contribution in [2.75, 3.05) is 12.3 Å². The Morgan fingerprint density at radius 1 is 1.11 bits per heavy atom. The van der Waals surface area contributed by atoms with Crippen LogP contribution in [-0.2, 0) is 20.9 Å². The fourth-order valence-electron chi connectivity index (χ4n) is 1.34. The predicted molar refractivity (Wildman–Crippen MR) is 61.5 cm³/mol. The lowest BCUT2D eigenvalue weighted by molar-refractivity contribution is -0.158. The minimum atomic E-state index is -1.69. The van der Waals surface area contributed by atoms with Gasteiger partial charge >= 0.3 is 17.8 Å². The first-order chi connectivity index (χ1) is 8.40. The Morgan fingerprint density at radius 2 is 1.67 bits per heavy atom. The highest BCUT2D eigenvalue weighted by molar-refractivity contribution is 6.31. The summed E-state index contributed by atoms with van der Waals surface area (Å²) in [4.78, 5) is 33.2. The Bertz CT molecular complexity index is 469. The molecule has 0 atom stereocenters. The number of aliphatic carboxylic acids is 2. The Morgan fingerprint density at radius 3 is 2.11 bits per heavy atom. The fraction of sp³-hybridized carbons (Fsp3) is 0.182. The maximum absolute atomic E-state index is 11.3. The van der Waals surface area contributed by atoms with Crippen molar-refractivity contribution in [3.05, 3.63) is 29.8 Å². The molecular formula is C11H12N2O5. The van der Waals surface area contributed by atoms with Gasteiger partial charge in [-0.3, -0.25) is 9.59 Å². The van der Waals surface area contributed by atoms with E-state index in [9.17, 15) is 14.4 Å². The number of nitrogens with two attached hydrogens (primary N) is 1. The van der Waals surface area contributed by atoms with E-state index in [0.29, 0.717) is 11.3 Å². The minimum absolute atomic E-state index is 0.0995. The molecule has 7 nitrogen and oxygen atoms in total. The molecule has 1 amide bonds. The first-order valence-electron chi connectivity index (χ1n) is 4.98. The first kappa shape index (κ1) is 13.5. The van der Waals surface area contributed by atoms with E-state index in [0.717, 1.165) is 4.90 Å².